The molecule has 1 aromatic carbocycles. The fourth-order valence-electron chi connectivity index (χ4n) is 3.37. The molecule has 1 amide bonds. The first-order valence-corrected chi connectivity index (χ1v) is 7.66. The fraction of sp³-hybridized carbons (Fsp3) is 0.429. The highest BCUT2D eigenvalue weighted by atomic mass is 79.9. The van der Waals surface area contributed by atoms with Crippen LogP contribution in [0.5, 0.6) is 0 Å². The molecule has 2 fully saturated rings. The third-order valence-corrected chi connectivity index (χ3v) is 5.14. The van der Waals surface area contributed by atoms with Gasteiger partial charge in [0.15, 0.2) is 0 Å². The van der Waals surface area contributed by atoms with Crippen LogP contribution in [0.25, 0.3) is 0 Å². The Kier molecular flexibility index (Phi) is 3.50. The highest BCUT2D eigenvalue weighted by Crippen LogP contribution is 2.43. The molecule has 106 valence electrons. The quantitative estimate of drug-likeness (QED) is 0.883. The first-order chi connectivity index (χ1) is 9.49. The Morgan fingerprint density at radius 2 is 2.10 bits per heavy atom. The van der Waals surface area contributed by atoms with Gasteiger partial charge in [-0.05, 0) is 53.4 Å². The van der Waals surface area contributed by atoms with Crippen molar-refractivity contribution < 1.29 is 14.7 Å². The van der Waals surface area contributed by atoms with Crippen LogP contribution in [-0.4, -0.2) is 34.0 Å². The third-order valence-electron chi connectivity index (χ3n) is 4.25. The zero-order valence-electron chi connectivity index (χ0n) is 10.6. The van der Waals surface area contributed by atoms with Crippen LogP contribution in [0.4, 0.5) is 0 Å². The predicted molar refractivity (Wildman–Crippen MR) is 77.9 cm³/mol. The van der Waals surface area contributed by atoms with Crippen LogP contribution < -0.4 is 0 Å². The van der Waals surface area contributed by atoms with Crippen LogP contribution in [0, 0.1) is 5.92 Å². The number of hydrogen-bond donors (Lipinski definition) is 1. The number of fused-ring (bicyclic) bond motifs is 2. The Labute approximate surface area is 129 Å². The van der Waals surface area contributed by atoms with Gasteiger partial charge in [-0.2, -0.15) is 0 Å². The summed E-state index contributed by atoms with van der Waals surface area (Å²) in [7, 11) is 0. The van der Waals surface area contributed by atoms with Crippen molar-refractivity contribution in [2.75, 3.05) is 0 Å². The zero-order valence-corrected chi connectivity index (χ0v) is 12.9. The number of carboxylic acid groups (broad SMARTS) is 1. The van der Waals surface area contributed by atoms with E-state index in [0.717, 1.165) is 12.8 Å². The highest BCUT2D eigenvalue weighted by molar-refractivity contribution is 9.10. The maximum atomic E-state index is 12.7. The summed E-state index contributed by atoms with van der Waals surface area (Å²) in [6.45, 7) is 0. The average molecular weight is 359 g/mol. The van der Waals surface area contributed by atoms with Crippen LogP contribution >= 0.6 is 27.5 Å². The summed E-state index contributed by atoms with van der Waals surface area (Å²) in [4.78, 5) is 25.7. The number of carbonyl (C=O) groups excluding carboxylic acids is 1. The molecule has 0 saturated carbocycles. The van der Waals surface area contributed by atoms with E-state index in [-0.39, 0.29) is 18.0 Å². The van der Waals surface area contributed by atoms with Crippen molar-refractivity contribution in [3.63, 3.8) is 0 Å². The van der Waals surface area contributed by atoms with Gasteiger partial charge in [0, 0.05) is 21.6 Å². The molecule has 0 spiro atoms. The summed E-state index contributed by atoms with van der Waals surface area (Å²) < 4.78 is 0.646. The number of benzene rings is 1. The summed E-state index contributed by atoms with van der Waals surface area (Å²) in [5, 5.41) is 9.79. The second-order valence-electron chi connectivity index (χ2n) is 5.32. The number of carbonyl (C=O) groups is 2. The van der Waals surface area contributed by atoms with Gasteiger partial charge in [-0.1, -0.05) is 11.6 Å². The van der Waals surface area contributed by atoms with Crippen molar-refractivity contribution in [3.8, 4) is 0 Å². The van der Waals surface area contributed by atoms with Gasteiger partial charge in [0.1, 0.15) is 0 Å². The van der Waals surface area contributed by atoms with E-state index < -0.39 is 11.9 Å². The van der Waals surface area contributed by atoms with Gasteiger partial charge in [-0.25, -0.2) is 0 Å². The Hall–Kier alpha value is -1.07. The molecule has 2 aliphatic rings. The van der Waals surface area contributed by atoms with Gasteiger partial charge in [-0.15, -0.1) is 0 Å². The second-order valence-corrected chi connectivity index (χ2v) is 6.61. The van der Waals surface area contributed by atoms with Crippen LogP contribution in [-0.2, 0) is 4.79 Å². The molecule has 0 aliphatic carbocycles. The minimum atomic E-state index is -0.801. The Morgan fingerprint density at radius 3 is 2.70 bits per heavy atom. The molecule has 0 radical (unpaired) electrons. The van der Waals surface area contributed by atoms with Gasteiger partial charge in [0.05, 0.1) is 11.5 Å². The first-order valence-electron chi connectivity index (χ1n) is 6.49. The van der Waals surface area contributed by atoms with Crippen molar-refractivity contribution in [1.82, 2.24) is 4.90 Å². The molecule has 6 heteroatoms. The number of carboxylic acids is 1. The van der Waals surface area contributed by atoms with Gasteiger partial charge in [0.25, 0.3) is 5.91 Å². The zero-order chi connectivity index (χ0) is 14.4. The Balaban J connectivity index is 1.90. The number of nitrogens with zero attached hydrogens (tertiary/aromatic N) is 1. The van der Waals surface area contributed by atoms with Crippen LogP contribution in [0.15, 0.2) is 22.7 Å². The first kappa shape index (κ1) is 13.9. The molecular weight excluding hydrogens is 346 g/mol. The smallest absolute Gasteiger partial charge is 0.308 e. The van der Waals surface area contributed by atoms with Crippen LogP contribution in [0.1, 0.15) is 29.6 Å². The standard InChI is InChI=1S/C14H13BrClNO3/c15-11-5-7(16)1-3-9(11)13(18)17-8-2-4-12(17)10(6-8)14(19)20/h1,3,5,8,10,12H,2,4,6H2,(H,19,20). The second kappa shape index (κ2) is 5.04. The maximum absolute atomic E-state index is 12.7. The molecule has 2 saturated heterocycles. The van der Waals surface area contributed by atoms with E-state index in [1.165, 1.54) is 0 Å². The predicted octanol–water partition coefficient (Wildman–Crippen LogP) is 3.18. The molecule has 2 bridgehead atoms. The summed E-state index contributed by atoms with van der Waals surface area (Å²) >= 11 is 9.23. The molecule has 1 aromatic rings. The van der Waals surface area contributed by atoms with Crippen LogP contribution in [0.2, 0.25) is 5.02 Å². The Bertz CT molecular complexity index is 592. The topological polar surface area (TPSA) is 57.6 Å². The molecule has 0 aromatic heterocycles. The van der Waals surface area contributed by atoms with E-state index in [4.69, 9.17) is 11.6 Å². The van der Waals surface area contributed by atoms with Crippen molar-refractivity contribution in [1.29, 1.82) is 0 Å². The summed E-state index contributed by atoms with van der Waals surface area (Å²) in [6.07, 6.45) is 2.24. The molecule has 4 nitrogen and oxygen atoms in total. The number of rotatable bonds is 2. The van der Waals surface area contributed by atoms with E-state index in [1.807, 2.05) is 0 Å². The maximum Gasteiger partial charge on any atom is 0.308 e. The third kappa shape index (κ3) is 2.13. The minimum absolute atomic E-state index is 0.0520. The number of aliphatic carboxylic acids is 1. The number of amides is 1. The molecule has 20 heavy (non-hydrogen) atoms. The molecule has 2 heterocycles. The lowest BCUT2D eigenvalue weighted by Gasteiger charge is -2.23. The summed E-state index contributed by atoms with van der Waals surface area (Å²) in [6, 6.07) is 4.92. The van der Waals surface area contributed by atoms with Crippen molar-refractivity contribution in [2.45, 2.75) is 31.3 Å². The number of halogens is 2. The molecule has 3 rings (SSSR count). The SMILES string of the molecule is O=C(O)C1CC2CCC1N2C(=O)c1ccc(Cl)cc1Br. The lowest BCUT2D eigenvalue weighted by atomic mass is 9.89. The number of hydrogen-bond acceptors (Lipinski definition) is 2. The molecule has 2 aliphatic heterocycles. The van der Waals surface area contributed by atoms with E-state index in [9.17, 15) is 14.7 Å². The van der Waals surface area contributed by atoms with E-state index in [2.05, 4.69) is 15.9 Å². The fourth-order valence-corrected chi connectivity index (χ4v) is 4.22. The largest absolute Gasteiger partial charge is 0.481 e. The van der Waals surface area contributed by atoms with E-state index in [0.29, 0.717) is 21.5 Å². The van der Waals surface area contributed by atoms with Crippen molar-refractivity contribution in [3.05, 3.63) is 33.3 Å². The lowest BCUT2D eigenvalue weighted by molar-refractivity contribution is -0.142. The van der Waals surface area contributed by atoms with Gasteiger partial charge < -0.3 is 10.0 Å². The molecule has 1 N–H and O–H groups in total. The monoisotopic (exact) mass is 357 g/mol. The van der Waals surface area contributed by atoms with Crippen molar-refractivity contribution in [2.24, 2.45) is 5.92 Å². The normalized spacial score (nSPS) is 27.9. The van der Waals surface area contributed by atoms with E-state index >= 15 is 0 Å². The lowest BCUT2D eigenvalue weighted by Crippen LogP contribution is -2.38. The summed E-state index contributed by atoms with van der Waals surface area (Å²) in [5.74, 6) is -1.33. The Morgan fingerprint density at radius 1 is 1.35 bits per heavy atom. The average Bonchev–Trinajstić information content (AvgIpc) is 2.95. The highest BCUT2D eigenvalue weighted by Gasteiger charge is 2.51. The van der Waals surface area contributed by atoms with Gasteiger partial charge in [0.2, 0.25) is 0 Å². The molecule has 3 atom stereocenters. The molecular formula is C14H13BrClNO3. The van der Waals surface area contributed by atoms with Gasteiger partial charge >= 0.3 is 5.97 Å². The van der Waals surface area contributed by atoms with E-state index in [1.54, 1.807) is 23.1 Å². The van der Waals surface area contributed by atoms with Crippen molar-refractivity contribution >= 4 is 39.4 Å². The minimum Gasteiger partial charge on any atom is -0.481 e. The van der Waals surface area contributed by atoms with Crippen LogP contribution in [0.3, 0.4) is 0 Å². The molecule has 3 unspecified atom stereocenters. The summed E-state index contributed by atoms with van der Waals surface area (Å²) in [5.41, 5.74) is 0.539. The van der Waals surface area contributed by atoms with Gasteiger partial charge in [-0.3, -0.25) is 9.59 Å².